The first-order chi connectivity index (χ1) is 15.7. The molecule has 0 radical (unpaired) electrons. The third-order valence-electron chi connectivity index (χ3n) is 5.67. The average molecular weight is 449 g/mol. The van der Waals surface area contributed by atoms with Crippen LogP contribution in [0.3, 0.4) is 0 Å². The molecule has 1 aromatic heterocycles. The van der Waals surface area contributed by atoms with Gasteiger partial charge in [-0.2, -0.15) is 10.5 Å². The van der Waals surface area contributed by atoms with Gasteiger partial charge < -0.3 is 5.11 Å². The zero-order valence-electron chi connectivity index (χ0n) is 19.4. The Kier molecular flexibility index (Phi) is 8.53. The van der Waals surface area contributed by atoms with Gasteiger partial charge in [0.15, 0.2) is 0 Å². The number of imide groups is 1. The summed E-state index contributed by atoms with van der Waals surface area (Å²) in [7, 11) is 0. The Morgan fingerprint density at radius 2 is 1.61 bits per heavy atom. The molecule has 0 saturated carbocycles. The van der Waals surface area contributed by atoms with Gasteiger partial charge in [-0.25, -0.2) is 0 Å². The Morgan fingerprint density at radius 3 is 2.18 bits per heavy atom. The number of nitriles is 2. The standard InChI is InChI=1S/C25H28N4O4/c1-5-7-12-28-22(30)18(16(3)20(14-26)24(28)32)10-9-11-19-17(4)21(15-27)25(33)29(23(19)31)13-8-6-2/h9-11,30H,5-8,12-13H2,1-4H3. The maximum atomic E-state index is 12.9. The minimum atomic E-state index is -0.593. The number of nitrogens with zero attached hydrogens (tertiary/aromatic N) is 4. The van der Waals surface area contributed by atoms with Crippen molar-refractivity contribution >= 4 is 17.9 Å². The van der Waals surface area contributed by atoms with Crippen LogP contribution < -0.4 is 5.56 Å². The molecule has 1 aromatic rings. The van der Waals surface area contributed by atoms with E-state index in [0.29, 0.717) is 24.0 Å². The van der Waals surface area contributed by atoms with Gasteiger partial charge in [-0.05, 0) is 50.0 Å². The van der Waals surface area contributed by atoms with Crippen LogP contribution in [0.15, 0.2) is 33.7 Å². The number of carbonyl (C=O) groups is 2. The van der Waals surface area contributed by atoms with Crippen molar-refractivity contribution in [3.63, 3.8) is 0 Å². The smallest absolute Gasteiger partial charge is 0.271 e. The van der Waals surface area contributed by atoms with Crippen LogP contribution in [0.1, 0.15) is 63.1 Å². The second kappa shape index (κ2) is 11.1. The Balaban J connectivity index is 2.58. The van der Waals surface area contributed by atoms with Crippen LogP contribution in [0.5, 0.6) is 5.88 Å². The lowest BCUT2D eigenvalue weighted by molar-refractivity contribution is -0.140. The van der Waals surface area contributed by atoms with Crippen LogP contribution in [-0.2, 0) is 16.1 Å². The summed E-state index contributed by atoms with van der Waals surface area (Å²) in [5, 5.41) is 29.6. The minimum absolute atomic E-state index is 0.0517. The molecule has 2 amide bonds. The van der Waals surface area contributed by atoms with E-state index in [-0.39, 0.29) is 41.3 Å². The van der Waals surface area contributed by atoms with Crippen LogP contribution in [0.25, 0.3) is 6.08 Å². The zero-order valence-corrected chi connectivity index (χ0v) is 19.4. The third-order valence-corrected chi connectivity index (χ3v) is 5.67. The lowest BCUT2D eigenvalue weighted by Crippen LogP contribution is -2.43. The molecule has 1 aliphatic rings. The highest BCUT2D eigenvalue weighted by molar-refractivity contribution is 6.18. The van der Waals surface area contributed by atoms with Crippen LogP contribution >= 0.6 is 0 Å². The molecule has 0 unspecified atom stereocenters. The number of carbonyl (C=O) groups excluding carboxylic acids is 2. The molecule has 0 saturated heterocycles. The van der Waals surface area contributed by atoms with Gasteiger partial charge in [0.1, 0.15) is 23.3 Å². The third kappa shape index (κ3) is 4.96. The molecule has 1 aliphatic heterocycles. The molecule has 1 N–H and O–H groups in total. The van der Waals surface area contributed by atoms with Crippen molar-refractivity contribution < 1.29 is 14.7 Å². The Hall–Kier alpha value is -3.91. The maximum Gasteiger partial charge on any atom is 0.271 e. The van der Waals surface area contributed by atoms with E-state index in [2.05, 4.69) is 0 Å². The van der Waals surface area contributed by atoms with E-state index in [1.54, 1.807) is 13.8 Å². The monoisotopic (exact) mass is 448 g/mol. The Labute approximate surface area is 193 Å². The van der Waals surface area contributed by atoms with E-state index in [1.165, 1.54) is 22.8 Å². The summed E-state index contributed by atoms with van der Waals surface area (Å²) in [5.41, 5.74) is 0.451. The van der Waals surface area contributed by atoms with Crippen LogP contribution in [-0.4, -0.2) is 32.9 Å². The highest BCUT2D eigenvalue weighted by Crippen LogP contribution is 2.27. The minimum Gasteiger partial charge on any atom is -0.494 e. The Bertz CT molecular complexity index is 1200. The summed E-state index contributed by atoms with van der Waals surface area (Å²) in [4.78, 5) is 39.1. The van der Waals surface area contributed by atoms with Crippen LogP contribution in [0.4, 0.5) is 0 Å². The van der Waals surface area contributed by atoms with E-state index in [1.807, 2.05) is 26.0 Å². The summed E-state index contributed by atoms with van der Waals surface area (Å²) in [5.74, 6) is -1.33. The number of rotatable bonds is 8. The van der Waals surface area contributed by atoms with Crippen LogP contribution in [0.2, 0.25) is 0 Å². The number of allylic oxidation sites excluding steroid dienone is 2. The number of pyridine rings is 1. The van der Waals surface area contributed by atoms with Gasteiger partial charge in [0.25, 0.3) is 17.4 Å². The van der Waals surface area contributed by atoms with Crippen molar-refractivity contribution in [3.05, 3.63) is 55.9 Å². The van der Waals surface area contributed by atoms with Gasteiger partial charge in [-0.3, -0.25) is 23.9 Å². The van der Waals surface area contributed by atoms with Gasteiger partial charge in [0, 0.05) is 24.2 Å². The largest absolute Gasteiger partial charge is 0.494 e. The molecule has 2 heterocycles. The molecule has 33 heavy (non-hydrogen) atoms. The second-order valence-corrected chi connectivity index (χ2v) is 7.83. The van der Waals surface area contributed by atoms with Crippen molar-refractivity contribution in [2.24, 2.45) is 0 Å². The fraction of sp³-hybridized carbons (Fsp3) is 0.400. The van der Waals surface area contributed by atoms with Crippen LogP contribution in [0, 0.1) is 29.6 Å². The van der Waals surface area contributed by atoms with Crippen molar-refractivity contribution in [1.82, 2.24) is 9.47 Å². The van der Waals surface area contributed by atoms with E-state index in [4.69, 9.17) is 0 Å². The summed E-state index contributed by atoms with van der Waals surface area (Å²) in [6.07, 6.45) is 7.38. The van der Waals surface area contributed by atoms with Crippen molar-refractivity contribution in [2.75, 3.05) is 6.54 Å². The molecular formula is C25H28N4O4. The summed E-state index contributed by atoms with van der Waals surface area (Å²) in [6.45, 7) is 7.52. The predicted molar refractivity (Wildman–Crippen MR) is 124 cm³/mol. The molecule has 0 bridgehead atoms. The number of aromatic hydroxyl groups is 1. The van der Waals surface area contributed by atoms with Gasteiger partial charge in [-0.1, -0.05) is 32.8 Å². The molecule has 0 atom stereocenters. The molecule has 0 fully saturated rings. The fourth-order valence-corrected chi connectivity index (χ4v) is 3.61. The summed E-state index contributed by atoms with van der Waals surface area (Å²) in [6, 6.07) is 3.80. The molecule has 0 aliphatic carbocycles. The van der Waals surface area contributed by atoms with Crippen molar-refractivity contribution in [3.8, 4) is 18.0 Å². The first-order valence-corrected chi connectivity index (χ1v) is 11.0. The molecule has 172 valence electrons. The molecule has 8 nitrogen and oxygen atoms in total. The molecule has 2 rings (SSSR count). The first kappa shape index (κ1) is 25.4. The number of aromatic nitrogens is 1. The quantitative estimate of drug-likeness (QED) is 0.479. The van der Waals surface area contributed by atoms with E-state index < -0.39 is 17.4 Å². The van der Waals surface area contributed by atoms with E-state index in [9.17, 15) is 30.0 Å². The van der Waals surface area contributed by atoms with Gasteiger partial charge in [0.05, 0.1) is 0 Å². The highest BCUT2D eigenvalue weighted by Gasteiger charge is 2.34. The number of hydrogen-bond acceptors (Lipinski definition) is 6. The van der Waals surface area contributed by atoms with Gasteiger partial charge in [-0.15, -0.1) is 0 Å². The Morgan fingerprint density at radius 1 is 0.970 bits per heavy atom. The fourth-order valence-electron chi connectivity index (χ4n) is 3.61. The summed E-state index contributed by atoms with van der Waals surface area (Å²) < 4.78 is 1.18. The SMILES string of the molecule is CCCCN1C(=O)C(=CC=Cc2c(C)c(C#N)c(=O)n(CCCC)c2O)C(C)=C(C#N)C1=O. The second-order valence-electron chi connectivity index (χ2n) is 7.83. The first-order valence-electron chi connectivity index (χ1n) is 11.0. The number of unbranched alkanes of at least 4 members (excludes halogenated alkanes) is 2. The highest BCUT2D eigenvalue weighted by atomic mass is 16.3. The topological polar surface area (TPSA) is 127 Å². The van der Waals surface area contributed by atoms with Gasteiger partial charge >= 0.3 is 0 Å². The normalized spacial score (nSPS) is 15.5. The van der Waals surface area contributed by atoms with E-state index >= 15 is 0 Å². The van der Waals surface area contributed by atoms with Crippen molar-refractivity contribution in [1.29, 1.82) is 10.5 Å². The average Bonchev–Trinajstić information content (AvgIpc) is 2.78. The van der Waals surface area contributed by atoms with Crippen molar-refractivity contribution in [2.45, 2.75) is 59.9 Å². The molecule has 0 aromatic carbocycles. The molecule has 8 heteroatoms. The lowest BCUT2D eigenvalue weighted by Gasteiger charge is -2.27. The zero-order chi connectivity index (χ0) is 24.7. The number of hydrogen-bond donors (Lipinski definition) is 1. The summed E-state index contributed by atoms with van der Waals surface area (Å²) >= 11 is 0. The molecular weight excluding hydrogens is 420 g/mol. The maximum absolute atomic E-state index is 12.9. The lowest BCUT2D eigenvalue weighted by atomic mass is 9.94. The molecule has 0 spiro atoms. The predicted octanol–water partition coefficient (Wildman–Crippen LogP) is 3.48. The van der Waals surface area contributed by atoms with E-state index in [0.717, 1.165) is 17.7 Å². The van der Waals surface area contributed by atoms with Gasteiger partial charge in [0.2, 0.25) is 5.88 Å². The number of amides is 2.